The number of anilines is 3. The maximum atomic E-state index is 12.4. The Kier molecular flexibility index (Phi) is 6.62. The van der Waals surface area contributed by atoms with Gasteiger partial charge in [0.15, 0.2) is 0 Å². The SMILES string of the molecule is O=C(CCN1CCN(c2ccccn2)CC1)Nc1ccc(N2CCCCC2)cc1. The van der Waals surface area contributed by atoms with Gasteiger partial charge in [0.05, 0.1) is 0 Å². The van der Waals surface area contributed by atoms with Crippen LogP contribution in [0, 0.1) is 0 Å². The fourth-order valence-corrected chi connectivity index (χ4v) is 4.13. The Hall–Kier alpha value is -2.60. The van der Waals surface area contributed by atoms with Crippen LogP contribution in [0.15, 0.2) is 48.7 Å². The second-order valence-corrected chi connectivity index (χ2v) is 7.91. The van der Waals surface area contributed by atoms with E-state index >= 15 is 0 Å². The van der Waals surface area contributed by atoms with E-state index in [1.54, 1.807) is 0 Å². The van der Waals surface area contributed by atoms with Gasteiger partial charge in [0.25, 0.3) is 0 Å². The number of rotatable bonds is 6. The fraction of sp³-hybridized carbons (Fsp3) is 0.478. The van der Waals surface area contributed by atoms with Gasteiger partial charge in [-0.05, 0) is 55.7 Å². The van der Waals surface area contributed by atoms with Crippen molar-refractivity contribution >= 4 is 23.1 Å². The third kappa shape index (κ3) is 5.48. The van der Waals surface area contributed by atoms with Gasteiger partial charge in [-0.3, -0.25) is 9.69 Å². The van der Waals surface area contributed by atoms with Crippen LogP contribution in [0.3, 0.4) is 0 Å². The van der Waals surface area contributed by atoms with Crippen LogP contribution >= 0.6 is 0 Å². The highest BCUT2D eigenvalue weighted by molar-refractivity contribution is 5.91. The van der Waals surface area contributed by atoms with Crippen LogP contribution in [0.5, 0.6) is 0 Å². The minimum atomic E-state index is 0.0860. The number of piperazine rings is 1. The summed E-state index contributed by atoms with van der Waals surface area (Å²) in [4.78, 5) is 23.9. The lowest BCUT2D eigenvalue weighted by atomic mass is 10.1. The molecule has 1 aromatic carbocycles. The van der Waals surface area contributed by atoms with E-state index in [4.69, 9.17) is 0 Å². The van der Waals surface area contributed by atoms with Gasteiger partial charge in [-0.15, -0.1) is 0 Å². The van der Waals surface area contributed by atoms with Crippen molar-refractivity contribution in [2.24, 2.45) is 0 Å². The first-order chi connectivity index (χ1) is 14.3. The second-order valence-electron chi connectivity index (χ2n) is 7.91. The lowest BCUT2D eigenvalue weighted by Gasteiger charge is -2.35. The van der Waals surface area contributed by atoms with E-state index in [1.165, 1.54) is 24.9 Å². The number of hydrogen-bond acceptors (Lipinski definition) is 5. The molecule has 0 bridgehead atoms. The van der Waals surface area contributed by atoms with Crippen molar-refractivity contribution < 1.29 is 4.79 Å². The summed E-state index contributed by atoms with van der Waals surface area (Å²) in [5.74, 6) is 1.13. The van der Waals surface area contributed by atoms with Crippen molar-refractivity contribution in [1.29, 1.82) is 0 Å². The standard InChI is InChI=1S/C23H31N5O/c29-23(25-20-7-9-21(10-8-20)27-13-4-1-5-14-27)11-15-26-16-18-28(19-17-26)22-6-2-3-12-24-22/h2-3,6-10,12H,1,4-5,11,13-19H2,(H,25,29). The monoisotopic (exact) mass is 393 g/mol. The minimum absolute atomic E-state index is 0.0860. The molecule has 0 saturated carbocycles. The number of aromatic nitrogens is 1. The average molecular weight is 394 g/mol. The lowest BCUT2D eigenvalue weighted by Crippen LogP contribution is -2.47. The Labute approximate surface area is 173 Å². The average Bonchev–Trinajstić information content (AvgIpc) is 2.80. The number of piperidine rings is 1. The number of benzene rings is 1. The summed E-state index contributed by atoms with van der Waals surface area (Å²) in [5, 5.41) is 3.04. The minimum Gasteiger partial charge on any atom is -0.372 e. The second kappa shape index (κ2) is 9.74. The lowest BCUT2D eigenvalue weighted by molar-refractivity contribution is -0.116. The number of amides is 1. The summed E-state index contributed by atoms with van der Waals surface area (Å²) in [7, 11) is 0. The number of nitrogens with one attached hydrogen (secondary N) is 1. The van der Waals surface area contributed by atoms with Crippen LogP contribution in [-0.2, 0) is 4.79 Å². The first-order valence-electron chi connectivity index (χ1n) is 10.8. The summed E-state index contributed by atoms with van der Waals surface area (Å²) >= 11 is 0. The third-order valence-corrected chi connectivity index (χ3v) is 5.87. The van der Waals surface area contributed by atoms with Gasteiger partial charge in [-0.2, -0.15) is 0 Å². The molecule has 2 aliphatic rings. The highest BCUT2D eigenvalue weighted by atomic mass is 16.1. The van der Waals surface area contributed by atoms with E-state index in [1.807, 2.05) is 30.5 Å². The molecular weight excluding hydrogens is 362 g/mol. The van der Waals surface area contributed by atoms with Crippen molar-refractivity contribution in [3.05, 3.63) is 48.7 Å². The van der Waals surface area contributed by atoms with E-state index in [9.17, 15) is 4.79 Å². The number of carbonyl (C=O) groups is 1. The van der Waals surface area contributed by atoms with Crippen molar-refractivity contribution in [1.82, 2.24) is 9.88 Å². The van der Waals surface area contributed by atoms with Crippen molar-refractivity contribution in [3.8, 4) is 0 Å². The van der Waals surface area contributed by atoms with Crippen LogP contribution in [-0.4, -0.2) is 61.6 Å². The predicted molar refractivity (Wildman–Crippen MR) is 119 cm³/mol. The molecule has 3 heterocycles. The first-order valence-corrected chi connectivity index (χ1v) is 10.8. The summed E-state index contributed by atoms with van der Waals surface area (Å²) < 4.78 is 0. The molecule has 29 heavy (non-hydrogen) atoms. The quantitative estimate of drug-likeness (QED) is 0.817. The summed E-state index contributed by atoms with van der Waals surface area (Å²) in [6.45, 7) is 6.92. The van der Waals surface area contributed by atoms with Gasteiger partial charge in [0.2, 0.25) is 5.91 Å². The van der Waals surface area contributed by atoms with Crippen molar-refractivity contribution in [2.45, 2.75) is 25.7 Å². The Morgan fingerprint density at radius 3 is 2.31 bits per heavy atom. The van der Waals surface area contributed by atoms with Crippen LogP contribution in [0.1, 0.15) is 25.7 Å². The molecule has 2 fully saturated rings. The van der Waals surface area contributed by atoms with E-state index < -0.39 is 0 Å². The number of hydrogen-bond donors (Lipinski definition) is 1. The predicted octanol–water partition coefficient (Wildman–Crippen LogP) is 3.22. The van der Waals surface area contributed by atoms with Gasteiger partial charge in [-0.25, -0.2) is 4.98 Å². The number of nitrogens with zero attached hydrogens (tertiary/aromatic N) is 4. The summed E-state index contributed by atoms with van der Waals surface area (Å²) in [5.41, 5.74) is 2.14. The smallest absolute Gasteiger partial charge is 0.225 e. The molecule has 1 N–H and O–H groups in total. The molecule has 0 spiro atoms. The van der Waals surface area contributed by atoms with E-state index in [2.05, 4.69) is 43.2 Å². The Bertz CT molecular complexity index is 766. The molecule has 154 valence electrons. The maximum absolute atomic E-state index is 12.4. The molecule has 1 aromatic heterocycles. The molecule has 2 saturated heterocycles. The zero-order chi connectivity index (χ0) is 19.9. The summed E-state index contributed by atoms with van der Waals surface area (Å²) in [6.07, 6.45) is 6.24. The summed E-state index contributed by atoms with van der Waals surface area (Å²) in [6, 6.07) is 14.3. The van der Waals surface area contributed by atoms with Gasteiger partial charge < -0.3 is 15.1 Å². The van der Waals surface area contributed by atoms with Crippen molar-refractivity contribution in [2.75, 3.05) is 60.9 Å². The Morgan fingerprint density at radius 1 is 0.862 bits per heavy atom. The molecule has 6 heteroatoms. The van der Waals surface area contributed by atoms with E-state index in [0.717, 1.165) is 57.3 Å². The molecule has 0 unspecified atom stereocenters. The molecular formula is C23H31N5O. The molecule has 0 aliphatic carbocycles. The van der Waals surface area contributed by atoms with Gasteiger partial charge >= 0.3 is 0 Å². The number of pyridine rings is 1. The Morgan fingerprint density at radius 2 is 1.62 bits per heavy atom. The van der Waals surface area contributed by atoms with Crippen LogP contribution in [0.4, 0.5) is 17.2 Å². The highest BCUT2D eigenvalue weighted by Crippen LogP contribution is 2.22. The first kappa shape index (κ1) is 19.7. The van der Waals surface area contributed by atoms with E-state index in [-0.39, 0.29) is 5.91 Å². The molecule has 1 amide bonds. The van der Waals surface area contributed by atoms with Gasteiger partial charge in [0.1, 0.15) is 5.82 Å². The van der Waals surface area contributed by atoms with Crippen molar-refractivity contribution in [3.63, 3.8) is 0 Å². The highest BCUT2D eigenvalue weighted by Gasteiger charge is 2.18. The largest absolute Gasteiger partial charge is 0.372 e. The molecule has 6 nitrogen and oxygen atoms in total. The maximum Gasteiger partial charge on any atom is 0.225 e. The molecule has 4 rings (SSSR count). The third-order valence-electron chi connectivity index (χ3n) is 5.87. The molecule has 0 atom stereocenters. The van der Waals surface area contributed by atoms with Crippen LogP contribution in [0.25, 0.3) is 0 Å². The number of carbonyl (C=O) groups excluding carboxylic acids is 1. The van der Waals surface area contributed by atoms with Gasteiger partial charge in [0, 0.05) is 69.8 Å². The molecule has 2 aliphatic heterocycles. The van der Waals surface area contributed by atoms with Crippen LogP contribution < -0.4 is 15.1 Å². The topological polar surface area (TPSA) is 51.7 Å². The Balaban J connectivity index is 1.18. The normalized spacial score (nSPS) is 17.9. The van der Waals surface area contributed by atoms with E-state index in [0.29, 0.717) is 6.42 Å². The zero-order valence-electron chi connectivity index (χ0n) is 17.1. The molecule has 0 radical (unpaired) electrons. The fourth-order valence-electron chi connectivity index (χ4n) is 4.13. The van der Waals surface area contributed by atoms with Gasteiger partial charge in [-0.1, -0.05) is 6.07 Å². The van der Waals surface area contributed by atoms with Crippen LogP contribution in [0.2, 0.25) is 0 Å². The zero-order valence-corrected chi connectivity index (χ0v) is 17.1. The molecule has 2 aromatic rings.